The molecule has 0 aromatic heterocycles. The van der Waals surface area contributed by atoms with Crippen molar-refractivity contribution in [3.05, 3.63) is 90.5 Å². The lowest BCUT2D eigenvalue weighted by Crippen LogP contribution is -2.31. The summed E-state index contributed by atoms with van der Waals surface area (Å²) in [5.74, 6) is 1.59. The van der Waals surface area contributed by atoms with E-state index in [2.05, 4.69) is 17.4 Å². The van der Waals surface area contributed by atoms with Crippen LogP contribution in [0.15, 0.2) is 84.9 Å². The number of para-hydroxylation sites is 1. The first-order valence-corrected chi connectivity index (χ1v) is 9.73. The maximum absolute atomic E-state index is 10.1. The molecule has 2 N–H and O–H groups in total. The van der Waals surface area contributed by atoms with Gasteiger partial charge in [0.1, 0.15) is 24.2 Å². The molecule has 1 atom stereocenters. The van der Waals surface area contributed by atoms with Crippen LogP contribution in [0, 0.1) is 0 Å². The molecule has 0 aliphatic rings. The lowest BCUT2D eigenvalue weighted by molar-refractivity contribution is 0.107. The number of methoxy groups -OCH3 is 1. The van der Waals surface area contributed by atoms with E-state index in [4.69, 9.17) is 9.47 Å². The van der Waals surface area contributed by atoms with E-state index >= 15 is 0 Å². The van der Waals surface area contributed by atoms with Crippen molar-refractivity contribution in [2.24, 2.45) is 0 Å². The van der Waals surface area contributed by atoms with Crippen molar-refractivity contribution < 1.29 is 14.6 Å². The molecule has 0 spiro atoms. The van der Waals surface area contributed by atoms with Crippen molar-refractivity contribution >= 4 is 6.08 Å². The summed E-state index contributed by atoms with van der Waals surface area (Å²) in [5, 5.41) is 13.3. The highest BCUT2D eigenvalue weighted by atomic mass is 16.5. The maximum Gasteiger partial charge on any atom is 0.126 e. The standard InChI is InChI=1S/C25H27NO3/c1-28-25-12-6-5-10-22(25)11-7-17-26-18-23(27)19-29-24-15-13-21(14-16-24)20-8-3-2-4-9-20/h2-16,23,26-27H,17-19H2,1H3. The first-order valence-electron chi connectivity index (χ1n) is 9.73. The minimum Gasteiger partial charge on any atom is -0.496 e. The molecule has 4 heteroatoms. The molecule has 3 aromatic carbocycles. The van der Waals surface area contributed by atoms with Gasteiger partial charge in [0.2, 0.25) is 0 Å². The van der Waals surface area contributed by atoms with E-state index in [0.717, 1.165) is 22.6 Å². The van der Waals surface area contributed by atoms with Crippen LogP contribution in [0.3, 0.4) is 0 Å². The third-order valence-electron chi connectivity index (χ3n) is 4.48. The van der Waals surface area contributed by atoms with Crippen LogP contribution in [0.5, 0.6) is 11.5 Å². The molecule has 0 aliphatic carbocycles. The minimum absolute atomic E-state index is 0.244. The Labute approximate surface area is 172 Å². The predicted molar refractivity (Wildman–Crippen MR) is 118 cm³/mol. The monoisotopic (exact) mass is 389 g/mol. The lowest BCUT2D eigenvalue weighted by Gasteiger charge is -2.13. The predicted octanol–water partition coefficient (Wildman–Crippen LogP) is 4.40. The smallest absolute Gasteiger partial charge is 0.126 e. The van der Waals surface area contributed by atoms with E-state index in [1.165, 1.54) is 5.56 Å². The zero-order valence-electron chi connectivity index (χ0n) is 16.6. The highest BCUT2D eigenvalue weighted by molar-refractivity contribution is 5.63. The number of aliphatic hydroxyl groups is 1. The molecule has 0 aliphatic heterocycles. The Morgan fingerprint density at radius 2 is 1.59 bits per heavy atom. The van der Waals surface area contributed by atoms with Crippen molar-refractivity contribution in [1.29, 1.82) is 0 Å². The molecule has 0 saturated heterocycles. The molecule has 4 nitrogen and oxygen atoms in total. The summed E-state index contributed by atoms with van der Waals surface area (Å²) < 4.78 is 11.0. The molecule has 29 heavy (non-hydrogen) atoms. The van der Waals surface area contributed by atoms with Gasteiger partial charge in [0.25, 0.3) is 0 Å². The summed E-state index contributed by atoms with van der Waals surface area (Å²) in [7, 11) is 1.66. The van der Waals surface area contributed by atoms with Crippen LogP contribution in [0.2, 0.25) is 0 Å². The summed E-state index contributed by atoms with van der Waals surface area (Å²) in [5.41, 5.74) is 3.34. The molecule has 3 aromatic rings. The summed E-state index contributed by atoms with van der Waals surface area (Å²) in [4.78, 5) is 0. The summed E-state index contributed by atoms with van der Waals surface area (Å²) in [6.07, 6.45) is 3.43. The van der Waals surface area contributed by atoms with E-state index in [9.17, 15) is 5.11 Å². The highest BCUT2D eigenvalue weighted by Gasteiger charge is 2.05. The number of hydrogen-bond donors (Lipinski definition) is 2. The lowest BCUT2D eigenvalue weighted by atomic mass is 10.1. The largest absolute Gasteiger partial charge is 0.496 e. The number of hydrogen-bond acceptors (Lipinski definition) is 4. The number of ether oxygens (including phenoxy) is 2. The van der Waals surface area contributed by atoms with Crippen LogP contribution < -0.4 is 14.8 Å². The van der Waals surface area contributed by atoms with Gasteiger partial charge in [-0.1, -0.05) is 72.8 Å². The Bertz CT molecular complexity index is 891. The molecule has 1 unspecified atom stereocenters. The fourth-order valence-corrected chi connectivity index (χ4v) is 2.95. The molecule has 0 radical (unpaired) electrons. The molecule has 0 bridgehead atoms. The van der Waals surface area contributed by atoms with Gasteiger partial charge in [-0.25, -0.2) is 0 Å². The minimum atomic E-state index is -0.580. The van der Waals surface area contributed by atoms with E-state index in [0.29, 0.717) is 13.1 Å². The SMILES string of the molecule is COc1ccccc1C=CCNCC(O)COc1ccc(-c2ccccc2)cc1. The number of benzene rings is 3. The number of nitrogens with one attached hydrogen (secondary N) is 1. The van der Waals surface area contributed by atoms with E-state index in [1.54, 1.807) is 7.11 Å². The highest BCUT2D eigenvalue weighted by Crippen LogP contribution is 2.22. The normalized spacial score (nSPS) is 12.1. The number of aliphatic hydroxyl groups excluding tert-OH is 1. The fraction of sp³-hybridized carbons (Fsp3) is 0.200. The quantitative estimate of drug-likeness (QED) is 0.505. The van der Waals surface area contributed by atoms with Crippen LogP contribution in [0.25, 0.3) is 17.2 Å². The van der Waals surface area contributed by atoms with Crippen LogP contribution in [-0.4, -0.2) is 38.0 Å². The van der Waals surface area contributed by atoms with Gasteiger partial charge in [-0.05, 0) is 29.3 Å². The average molecular weight is 389 g/mol. The van der Waals surface area contributed by atoms with Crippen molar-refractivity contribution in [2.75, 3.05) is 26.8 Å². The average Bonchev–Trinajstić information content (AvgIpc) is 2.78. The van der Waals surface area contributed by atoms with Crippen LogP contribution in [-0.2, 0) is 0 Å². The second kappa shape index (κ2) is 11.1. The number of rotatable bonds is 10. The van der Waals surface area contributed by atoms with Crippen LogP contribution in [0.1, 0.15) is 5.56 Å². The van der Waals surface area contributed by atoms with Gasteiger partial charge < -0.3 is 19.9 Å². The van der Waals surface area contributed by atoms with Crippen LogP contribution in [0.4, 0.5) is 0 Å². The Balaban J connectivity index is 1.38. The van der Waals surface area contributed by atoms with Gasteiger partial charge in [0.05, 0.1) is 7.11 Å². The molecule has 0 saturated carbocycles. The second-order valence-corrected chi connectivity index (χ2v) is 6.66. The zero-order chi connectivity index (χ0) is 20.3. The molecular weight excluding hydrogens is 362 g/mol. The molecule has 150 valence electrons. The van der Waals surface area contributed by atoms with Crippen LogP contribution >= 0.6 is 0 Å². The summed E-state index contributed by atoms with van der Waals surface area (Å²) in [6, 6.07) is 26.0. The third kappa shape index (κ3) is 6.49. The van der Waals surface area contributed by atoms with Gasteiger partial charge in [0, 0.05) is 18.7 Å². The Morgan fingerprint density at radius 1 is 0.897 bits per heavy atom. The first-order chi connectivity index (χ1) is 14.3. The third-order valence-corrected chi connectivity index (χ3v) is 4.48. The Kier molecular flexibility index (Phi) is 7.87. The van der Waals surface area contributed by atoms with Crippen molar-refractivity contribution in [3.63, 3.8) is 0 Å². The molecular formula is C25H27NO3. The van der Waals surface area contributed by atoms with E-state index in [1.807, 2.05) is 78.9 Å². The Hall–Kier alpha value is -3.08. The van der Waals surface area contributed by atoms with Crippen molar-refractivity contribution in [3.8, 4) is 22.6 Å². The van der Waals surface area contributed by atoms with Gasteiger partial charge in [-0.3, -0.25) is 0 Å². The van der Waals surface area contributed by atoms with E-state index in [-0.39, 0.29) is 6.61 Å². The second-order valence-electron chi connectivity index (χ2n) is 6.66. The molecule has 0 amide bonds. The van der Waals surface area contributed by atoms with Gasteiger partial charge in [-0.15, -0.1) is 0 Å². The molecule has 0 fully saturated rings. The van der Waals surface area contributed by atoms with Crippen molar-refractivity contribution in [2.45, 2.75) is 6.10 Å². The molecule has 0 heterocycles. The summed E-state index contributed by atoms with van der Waals surface area (Å²) >= 11 is 0. The van der Waals surface area contributed by atoms with Gasteiger partial charge >= 0.3 is 0 Å². The van der Waals surface area contributed by atoms with E-state index < -0.39 is 6.10 Å². The summed E-state index contributed by atoms with van der Waals surface area (Å²) in [6.45, 7) is 1.35. The van der Waals surface area contributed by atoms with Gasteiger partial charge in [-0.2, -0.15) is 0 Å². The first kappa shape index (κ1) is 20.6. The van der Waals surface area contributed by atoms with Gasteiger partial charge in [0.15, 0.2) is 0 Å². The Morgan fingerprint density at radius 3 is 2.34 bits per heavy atom. The van der Waals surface area contributed by atoms with Crippen molar-refractivity contribution in [1.82, 2.24) is 5.32 Å². The maximum atomic E-state index is 10.1. The topological polar surface area (TPSA) is 50.7 Å². The fourth-order valence-electron chi connectivity index (χ4n) is 2.95. The molecule has 3 rings (SSSR count). The zero-order valence-corrected chi connectivity index (χ0v) is 16.6.